The first-order valence-electron chi connectivity index (χ1n) is 9.88. The molecule has 0 saturated heterocycles. The van der Waals surface area contributed by atoms with Gasteiger partial charge in [-0.25, -0.2) is 8.99 Å². The number of nitrogens with one attached hydrogen (secondary N) is 1. The first-order valence-corrected chi connectivity index (χ1v) is 11.4. The van der Waals surface area contributed by atoms with Crippen molar-refractivity contribution in [2.24, 2.45) is 0 Å². The fourth-order valence-corrected chi connectivity index (χ4v) is 4.48. The molecule has 0 heterocycles. The Kier molecular flexibility index (Phi) is 5.78. The molecule has 0 aliphatic carbocycles. The number of hydrogen-bond donors (Lipinski definition) is 1. The Morgan fingerprint density at radius 1 is 0.581 bits per heavy atom. The second-order valence-corrected chi connectivity index (χ2v) is 9.39. The maximum Gasteiger partial charge on any atom is 0.127 e. The van der Waals surface area contributed by atoms with E-state index in [1.807, 2.05) is 62.4 Å². The molecule has 4 rings (SSSR count). The second kappa shape index (κ2) is 8.66. The maximum atomic E-state index is 13.2. The molecule has 156 valence electrons. The van der Waals surface area contributed by atoms with E-state index in [4.69, 9.17) is 14.3 Å². The van der Waals surface area contributed by atoms with Gasteiger partial charge in [-0.2, -0.15) is 0 Å². The van der Waals surface area contributed by atoms with Gasteiger partial charge in [0.25, 0.3) is 0 Å². The zero-order chi connectivity index (χ0) is 21.8. The van der Waals surface area contributed by atoms with Crippen molar-refractivity contribution in [3.05, 3.63) is 108 Å². The van der Waals surface area contributed by atoms with Gasteiger partial charge in [-0.05, 0) is 97.8 Å². The van der Waals surface area contributed by atoms with E-state index >= 15 is 0 Å². The van der Waals surface area contributed by atoms with Crippen LogP contribution in [-0.4, -0.2) is 4.21 Å². The number of rotatable bonds is 6. The lowest BCUT2D eigenvalue weighted by Crippen LogP contribution is -2.00. The Hall–Kier alpha value is -3.57. The van der Waals surface area contributed by atoms with Crippen LogP contribution in [0.25, 0.3) is 0 Å². The standard InChI is InChI=1S/C26H23NO3S/c1-19-5-3-7-23(17-19)29-21-9-13-25(14-10-21)31(27,28)26-15-11-22(12-16-26)30-24-8-4-6-20(2)18-24/h3-18,27H,1-2H3. The second-order valence-electron chi connectivity index (χ2n) is 7.34. The number of benzene rings is 4. The molecule has 0 aliphatic rings. The average Bonchev–Trinajstić information content (AvgIpc) is 2.75. The Balaban J connectivity index is 1.50. The lowest BCUT2D eigenvalue weighted by atomic mass is 10.2. The van der Waals surface area contributed by atoms with Gasteiger partial charge in [0.15, 0.2) is 0 Å². The average molecular weight is 430 g/mol. The molecule has 5 heteroatoms. The third-order valence-corrected chi connectivity index (χ3v) is 6.63. The van der Waals surface area contributed by atoms with Gasteiger partial charge in [0.05, 0.1) is 9.79 Å². The molecule has 31 heavy (non-hydrogen) atoms. The van der Waals surface area contributed by atoms with E-state index in [0.717, 1.165) is 22.6 Å². The van der Waals surface area contributed by atoms with Gasteiger partial charge in [0.2, 0.25) is 0 Å². The minimum absolute atomic E-state index is 0.427. The zero-order valence-corrected chi connectivity index (χ0v) is 18.2. The summed E-state index contributed by atoms with van der Waals surface area (Å²) in [5, 5.41) is 0. The Labute approximate surface area is 183 Å². The predicted molar refractivity (Wildman–Crippen MR) is 123 cm³/mol. The van der Waals surface area contributed by atoms with Crippen LogP contribution < -0.4 is 9.47 Å². The molecule has 4 nitrogen and oxygen atoms in total. The molecule has 0 bridgehead atoms. The van der Waals surface area contributed by atoms with Crippen LogP contribution in [0.3, 0.4) is 0 Å². The van der Waals surface area contributed by atoms with Gasteiger partial charge in [-0.3, -0.25) is 0 Å². The topological polar surface area (TPSA) is 59.4 Å². The summed E-state index contributed by atoms with van der Waals surface area (Å²) in [6.45, 7) is 4.00. The molecule has 0 aromatic heterocycles. The molecule has 1 N–H and O–H groups in total. The van der Waals surface area contributed by atoms with E-state index in [9.17, 15) is 4.21 Å². The predicted octanol–water partition coefficient (Wildman–Crippen LogP) is 7.35. The van der Waals surface area contributed by atoms with Crippen molar-refractivity contribution in [2.75, 3.05) is 0 Å². The van der Waals surface area contributed by atoms with Crippen LogP contribution in [0.4, 0.5) is 0 Å². The zero-order valence-electron chi connectivity index (χ0n) is 17.4. The molecular formula is C26H23NO3S. The molecule has 0 radical (unpaired) electrons. The molecule has 0 atom stereocenters. The van der Waals surface area contributed by atoms with Gasteiger partial charge in [0.1, 0.15) is 32.7 Å². The molecule has 4 aromatic carbocycles. The molecule has 0 saturated carbocycles. The quantitative estimate of drug-likeness (QED) is 0.348. The molecule has 0 fully saturated rings. The largest absolute Gasteiger partial charge is 0.457 e. The summed E-state index contributed by atoms with van der Waals surface area (Å²) in [5.41, 5.74) is 2.22. The maximum absolute atomic E-state index is 13.2. The van der Waals surface area contributed by atoms with E-state index in [-0.39, 0.29) is 0 Å². The SMILES string of the molecule is Cc1cccc(Oc2ccc(S(=N)(=O)c3ccc(Oc4cccc(C)c4)cc3)cc2)c1. The van der Waals surface area contributed by atoms with E-state index in [0.29, 0.717) is 21.3 Å². The van der Waals surface area contributed by atoms with E-state index < -0.39 is 9.73 Å². The van der Waals surface area contributed by atoms with Gasteiger partial charge in [-0.15, -0.1) is 0 Å². The Bertz CT molecular complexity index is 1200. The Morgan fingerprint density at radius 3 is 1.32 bits per heavy atom. The summed E-state index contributed by atoms with van der Waals surface area (Å²) in [6, 6.07) is 29.2. The van der Waals surface area contributed by atoms with Crippen LogP contribution in [0.5, 0.6) is 23.0 Å². The highest BCUT2D eigenvalue weighted by atomic mass is 32.2. The summed E-state index contributed by atoms with van der Waals surface area (Å²) in [6.07, 6.45) is 0. The number of hydrogen-bond acceptors (Lipinski definition) is 4. The van der Waals surface area contributed by atoms with Crippen LogP contribution in [0.1, 0.15) is 11.1 Å². The van der Waals surface area contributed by atoms with Crippen molar-refractivity contribution in [3.63, 3.8) is 0 Å². The summed E-state index contributed by atoms with van der Waals surface area (Å²) in [5.74, 6) is 2.74. The van der Waals surface area contributed by atoms with Crippen molar-refractivity contribution < 1.29 is 13.7 Å². The van der Waals surface area contributed by atoms with Crippen LogP contribution in [-0.2, 0) is 9.73 Å². The van der Waals surface area contributed by atoms with Crippen LogP contribution in [0.2, 0.25) is 0 Å². The van der Waals surface area contributed by atoms with E-state index in [1.165, 1.54) is 0 Å². The minimum Gasteiger partial charge on any atom is -0.457 e. The lowest BCUT2D eigenvalue weighted by Gasteiger charge is -2.11. The first kappa shape index (κ1) is 20.7. The third kappa shape index (κ3) is 4.95. The van der Waals surface area contributed by atoms with Crippen LogP contribution in [0.15, 0.2) is 107 Å². The van der Waals surface area contributed by atoms with Crippen molar-refractivity contribution in [1.82, 2.24) is 0 Å². The minimum atomic E-state index is -3.14. The summed E-state index contributed by atoms with van der Waals surface area (Å²) in [7, 11) is -3.14. The highest BCUT2D eigenvalue weighted by Crippen LogP contribution is 2.29. The highest BCUT2D eigenvalue weighted by Gasteiger charge is 2.14. The third-order valence-electron chi connectivity index (χ3n) is 4.76. The van der Waals surface area contributed by atoms with Crippen molar-refractivity contribution in [2.45, 2.75) is 23.6 Å². The van der Waals surface area contributed by atoms with Crippen molar-refractivity contribution >= 4 is 9.73 Å². The fraction of sp³-hybridized carbons (Fsp3) is 0.0769. The van der Waals surface area contributed by atoms with Crippen molar-refractivity contribution in [1.29, 1.82) is 4.78 Å². The highest BCUT2D eigenvalue weighted by molar-refractivity contribution is 7.92. The monoisotopic (exact) mass is 429 g/mol. The van der Waals surface area contributed by atoms with Gasteiger partial charge >= 0.3 is 0 Å². The summed E-state index contributed by atoms with van der Waals surface area (Å²) >= 11 is 0. The van der Waals surface area contributed by atoms with E-state index in [2.05, 4.69) is 0 Å². The molecule has 0 spiro atoms. The van der Waals surface area contributed by atoms with Crippen molar-refractivity contribution in [3.8, 4) is 23.0 Å². The molecular weight excluding hydrogens is 406 g/mol. The molecule has 0 amide bonds. The lowest BCUT2D eigenvalue weighted by molar-refractivity contribution is 0.481. The number of ether oxygens (including phenoxy) is 2. The summed E-state index contributed by atoms with van der Waals surface area (Å²) in [4.78, 5) is 0.855. The Morgan fingerprint density at radius 2 is 0.968 bits per heavy atom. The molecule has 0 aliphatic heterocycles. The van der Waals surface area contributed by atoms with Gasteiger partial charge in [-0.1, -0.05) is 24.3 Å². The fourth-order valence-electron chi connectivity index (χ4n) is 3.16. The smallest absolute Gasteiger partial charge is 0.127 e. The summed E-state index contributed by atoms with van der Waals surface area (Å²) < 4.78 is 33.4. The molecule has 4 aromatic rings. The van der Waals surface area contributed by atoms with Crippen LogP contribution in [0, 0.1) is 18.6 Å². The molecule has 0 unspecified atom stereocenters. The van der Waals surface area contributed by atoms with Gasteiger partial charge < -0.3 is 9.47 Å². The first-order chi connectivity index (χ1) is 14.9. The normalized spacial score (nSPS) is 11.2. The van der Waals surface area contributed by atoms with Crippen LogP contribution >= 0.6 is 0 Å². The van der Waals surface area contributed by atoms with Gasteiger partial charge in [0, 0.05) is 0 Å². The number of aryl methyl sites for hydroxylation is 2. The van der Waals surface area contributed by atoms with E-state index in [1.54, 1.807) is 48.5 Å².